The van der Waals surface area contributed by atoms with Crippen molar-refractivity contribution in [1.29, 1.82) is 0 Å². The molecule has 2 amide bonds. The summed E-state index contributed by atoms with van der Waals surface area (Å²) in [5.41, 5.74) is 2.77. The first-order valence-corrected chi connectivity index (χ1v) is 11.1. The largest absolute Gasteiger partial charge is 0.314 e. The second kappa shape index (κ2) is 9.88. The Morgan fingerprint density at radius 3 is 2.53 bits per heavy atom. The van der Waals surface area contributed by atoms with E-state index in [1.807, 2.05) is 25.1 Å². The van der Waals surface area contributed by atoms with Gasteiger partial charge in [0.05, 0.1) is 17.3 Å². The van der Waals surface area contributed by atoms with Gasteiger partial charge in [0.15, 0.2) is 5.78 Å². The fourth-order valence-corrected chi connectivity index (χ4v) is 4.41. The number of amides is 2. The first kappa shape index (κ1) is 23.2. The van der Waals surface area contributed by atoms with E-state index in [1.165, 1.54) is 24.5 Å². The monoisotopic (exact) mass is 460 g/mol. The summed E-state index contributed by atoms with van der Waals surface area (Å²) < 4.78 is 0. The van der Waals surface area contributed by atoms with Crippen molar-refractivity contribution < 1.29 is 24.4 Å². The summed E-state index contributed by atoms with van der Waals surface area (Å²) in [6.07, 6.45) is 4.36. The summed E-state index contributed by atoms with van der Waals surface area (Å²) in [5.74, 6) is -4.62. The van der Waals surface area contributed by atoms with E-state index >= 15 is 0 Å². The molecule has 2 N–H and O–H groups in total. The lowest BCUT2D eigenvalue weighted by atomic mass is 9.88. The average Bonchev–Trinajstić information content (AvgIpc) is 3.14. The number of aromatic nitrogens is 2. The van der Waals surface area contributed by atoms with E-state index in [9.17, 15) is 24.4 Å². The Labute approximate surface area is 195 Å². The van der Waals surface area contributed by atoms with Crippen LogP contribution in [0, 0.1) is 5.92 Å². The molecule has 0 aliphatic carbocycles. The van der Waals surface area contributed by atoms with Crippen LogP contribution in [0.1, 0.15) is 48.3 Å². The first-order chi connectivity index (χ1) is 16.5. The van der Waals surface area contributed by atoms with Gasteiger partial charge in [-0.25, -0.2) is 5.48 Å². The van der Waals surface area contributed by atoms with Crippen LogP contribution in [0.5, 0.6) is 0 Å². The van der Waals surface area contributed by atoms with Gasteiger partial charge < -0.3 is 4.90 Å². The fraction of sp³-hybridized carbons (Fsp3) is 0.280. The number of para-hydroxylation sites is 1. The Bertz CT molecular complexity index is 1250. The highest BCUT2D eigenvalue weighted by atomic mass is 16.5. The van der Waals surface area contributed by atoms with Gasteiger partial charge in [-0.1, -0.05) is 44.0 Å². The third-order valence-corrected chi connectivity index (χ3v) is 6.09. The Balaban J connectivity index is 1.88. The van der Waals surface area contributed by atoms with Crippen LogP contribution >= 0.6 is 0 Å². The van der Waals surface area contributed by atoms with E-state index in [1.54, 1.807) is 23.7 Å². The number of nitrogens with zero attached hydrogens (tertiary/aromatic N) is 3. The number of nitrogens with one attached hydrogen (secondary N) is 1. The Kier molecular flexibility index (Phi) is 6.74. The lowest BCUT2D eigenvalue weighted by Crippen LogP contribution is -2.48. The Hall–Kier alpha value is -3.98. The number of hydroxylamine groups is 1. The summed E-state index contributed by atoms with van der Waals surface area (Å²) in [6.45, 7) is 1.92. The van der Waals surface area contributed by atoms with Crippen molar-refractivity contribution in [2.75, 3.05) is 0 Å². The molecule has 0 bridgehead atoms. The standard InChI is InChI=1S/C25H24N4O5/c1-2-3-8-19(24(32)28-34)29-21(18-10-9-15-6-4-5-7-17(15)27-18)20(23(31)25(29)33)22(30)16-11-13-26-14-12-16/h4-7,9-14,19-21,34H,2-3,8H2,1H3,(H,28,32). The van der Waals surface area contributed by atoms with Gasteiger partial charge in [-0.3, -0.25) is 34.4 Å². The summed E-state index contributed by atoms with van der Waals surface area (Å²) in [5, 5.41) is 10.2. The van der Waals surface area contributed by atoms with Crippen LogP contribution in [0.3, 0.4) is 0 Å². The summed E-state index contributed by atoms with van der Waals surface area (Å²) in [7, 11) is 0. The molecule has 1 aliphatic rings. The zero-order valence-electron chi connectivity index (χ0n) is 18.5. The SMILES string of the molecule is CCCCC(C(=O)NO)N1C(=O)C(=O)C(C(=O)c2ccncc2)C1c1ccc2ccccc2n1. The van der Waals surface area contributed by atoms with E-state index in [2.05, 4.69) is 9.97 Å². The van der Waals surface area contributed by atoms with Gasteiger partial charge in [-0.05, 0) is 30.7 Å². The molecule has 1 saturated heterocycles. The van der Waals surface area contributed by atoms with Gasteiger partial charge in [0.2, 0.25) is 5.78 Å². The molecule has 2 aromatic heterocycles. The molecule has 0 saturated carbocycles. The number of likely N-dealkylation sites (tertiary alicyclic amines) is 1. The molecule has 1 aliphatic heterocycles. The molecule has 3 heterocycles. The van der Waals surface area contributed by atoms with E-state index < -0.39 is 41.4 Å². The number of pyridine rings is 2. The molecular formula is C25H24N4O5. The quantitative estimate of drug-likeness (QED) is 0.174. The van der Waals surface area contributed by atoms with Crippen molar-refractivity contribution in [1.82, 2.24) is 20.3 Å². The highest BCUT2D eigenvalue weighted by molar-refractivity contribution is 6.44. The Morgan fingerprint density at radius 1 is 1.09 bits per heavy atom. The molecule has 174 valence electrons. The highest BCUT2D eigenvalue weighted by Crippen LogP contribution is 2.40. The number of carbonyl (C=O) groups is 4. The second-order valence-electron chi connectivity index (χ2n) is 8.16. The number of Topliss-reactive ketones (excluding diaryl/α,β-unsaturated/α-hetero) is 2. The van der Waals surface area contributed by atoms with Crippen molar-refractivity contribution in [2.45, 2.75) is 38.3 Å². The molecule has 0 spiro atoms. The summed E-state index contributed by atoms with van der Waals surface area (Å²) in [6, 6.07) is 11.5. The Morgan fingerprint density at radius 2 is 1.82 bits per heavy atom. The van der Waals surface area contributed by atoms with Gasteiger partial charge >= 0.3 is 0 Å². The molecule has 9 nitrogen and oxygen atoms in total. The van der Waals surface area contributed by atoms with E-state index in [4.69, 9.17) is 0 Å². The number of ketones is 2. The third kappa shape index (κ3) is 4.17. The van der Waals surface area contributed by atoms with Gasteiger partial charge in [0.25, 0.3) is 11.8 Å². The number of carbonyl (C=O) groups excluding carboxylic acids is 4. The smallest absolute Gasteiger partial charge is 0.292 e. The maximum absolute atomic E-state index is 13.5. The van der Waals surface area contributed by atoms with E-state index in [-0.39, 0.29) is 12.0 Å². The number of hydrogen-bond donors (Lipinski definition) is 2. The zero-order valence-corrected chi connectivity index (χ0v) is 18.5. The third-order valence-electron chi connectivity index (χ3n) is 6.09. The lowest BCUT2D eigenvalue weighted by Gasteiger charge is -2.32. The van der Waals surface area contributed by atoms with Crippen LogP contribution in [0.25, 0.3) is 10.9 Å². The molecule has 34 heavy (non-hydrogen) atoms. The van der Waals surface area contributed by atoms with Crippen molar-refractivity contribution in [3.63, 3.8) is 0 Å². The molecule has 0 radical (unpaired) electrons. The summed E-state index contributed by atoms with van der Waals surface area (Å²) in [4.78, 5) is 62.2. The predicted molar refractivity (Wildman–Crippen MR) is 122 cm³/mol. The minimum atomic E-state index is -1.39. The molecule has 3 unspecified atom stereocenters. The number of fused-ring (bicyclic) bond motifs is 1. The minimum absolute atomic E-state index is 0.210. The van der Waals surface area contributed by atoms with Crippen molar-refractivity contribution >= 4 is 34.3 Å². The van der Waals surface area contributed by atoms with Crippen molar-refractivity contribution in [3.05, 3.63) is 72.2 Å². The number of unbranched alkanes of at least 4 members (excludes halogenated alkanes) is 1. The molecule has 9 heteroatoms. The van der Waals surface area contributed by atoms with Crippen molar-refractivity contribution in [2.24, 2.45) is 5.92 Å². The van der Waals surface area contributed by atoms with Gasteiger partial charge in [0.1, 0.15) is 12.0 Å². The van der Waals surface area contributed by atoms with Crippen LogP contribution in [-0.4, -0.2) is 49.5 Å². The van der Waals surface area contributed by atoms with Gasteiger partial charge in [0, 0.05) is 23.3 Å². The maximum Gasteiger partial charge on any atom is 0.292 e. The number of benzene rings is 1. The predicted octanol–water partition coefficient (Wildman–Crippen LogP) is 2.65. The van der Waals surface area contributed by atoms with Crippen LogP contribution in [0.2, 0.25) is 0 Å². The normalized spacial score (nSPS) is 18.8. The first-order valence-electron chi connectivity index (χ1n) is 11.1. The van der Waals surface area contributed by atoms with Crippen LogP contribution in [-0.2, 0) is 14.4 Å². The molecular weight excluding hydrogens is 436 g/mol. The fourth-order valence-electron chi connectivity index (χ4n) is 4.41. The summed E-state index contributed by atoms with van der Waals surface area (Å²) >= 11 is 0. The molecule has 1 fully saturated rings. The van der Waals surface area contributed by atoms with Crippen molar-refractivity contribution in [3.8, 4) is 0 Å². The van der Waals surface area contributed by atoms with Crippen LogP contribution < -0.4 is 5.48 Å². The van der Waals surface area contributed by atoms with Crippen LogP contribution in [0.4, 0.5) is 0 Å². The number of hydrogen-bond acceptors (Lipinski definition) is 7. The molecule has 3 atom stereocenters. The topological polar surface area (TPSA) is 130 Å². The molecule has 4 rings (SSSR count). The molecule has 3 aromatic rings. The van der Waals surface area contributed by atoms with E-state index in [0.717, 1.165) is 16.7 Å². The van der Waals surface area contributed by atoms with E-state index in [0.29, 0.717) is 17.6 Å². The van der Waals surface area contributed by atoms with Gasteiger partial charge in [-0.2, -0.15) is 0 Å². The minimum Gasteiger partial charge on any atom is -0.314 e. The second-order valence-corrected chi connectivity index (χ2v) is 8.16. The van der Waals surface area contributed by atoms with Gasteiger partial charge in [-0.15, -0.1) is 0 Å². The maximum atomic E-state index is 13.5. The molecule has 1 aromatic carbocycles. The zero-order chi connectivity index (χ0) is 24.2. The lowest BCUT2D eigenvalue weighted by molar-refractivity contribution is -0.147. The number of rotatable bonds is 8. The average molecular weight is 460 g/mol. The highest BCUT2D eigenvalue weighted by Gasteiger charge is 2.55. The van der Waals surface area contributed by atoms with Crippen LogP contribution in [0.15, 0.2) is 60.9 Å².